The van der Waals surface area contributed by atoms with Crippen molar-refractivity contribution in [1.82, 2.24) is 4.90 Å². The molecule has 0 saturated carbocycles. The topological polar surface area (TPSA) is 53.3 Å². The van der Waals surface area contributed by atoms with E-state index >= 15 is 0 Å². The predicted octanol–water partition coefficient (Wildman–Crippen LogP) is 5.47. The second-order valence-electron chi connectivity index (χ2n) is 8.03. The molecule has 0 bridgehead atoms. The van der Waals surface area contributed by atoms with Gasteiger partial charge in [-0.05, 0) is 71.2 Å². The third-order valence-electron chi connectivity index (χ3n) is 4.38. The molecule has 0 N–H and O–H groups in total. The Morgan fingerprint density at radius 1 is 1.28 bits per heavy atom. The van der Waals surface area contributed by atoms with E-state index in [0.29, 0.717) is 18.4 Å². The van der Waals surface area contributed by atoms with E-state index in [9.17, 15) is 14.4 Å². The van der Waals surface area contributed by atoms with Crippen LogP contribution in [0.3, 0.4) is 0 Å². The van der Waals surface area contributed by atoms with Gasteiger partial charge in [0.25, 0.3) is 0 Å². The Labute approximate surface area is 153 Å². The van der Waals surface area contributed by atoms with Crippen LogP contribution in [-0.4, -0.2) is 22.6 Å². The number of carbonyl (C=O) groups excluding carboxylic acids is 1. The smallest absolute Gasteiger partial charge is 0.411 e. The molecule has 1 amide bonds. The number of amides is 1. The van der Waals surface area contributed by atoms with Gasteiger partial charge in [-0.15, -0.1) is 0 Å². The molecule has 0 spiro atoms. The Bertz CT molecular complexity index is 686. The van der Waals surface area contributed by atoms with Crippen LogP contribution >= 0.6 is 11.6 Å². The molecule has 1 heterocycles. The van der Waals surface area contributed by atoms with Crippen molar-refractivity contribution in [2.75, 3.05) is 0 Å². The van der Waals surface area contributed by atoms with Gasteiger partial charge < -0.3 is 4.74 Å². The lowest BCUT2D eigenvalue weighted by atomic mass is 9.84. The summed E-state index contributed by atoms with van der Waals surface area (Å²) in [5.74, 6) is -0.449. The fraction of sp³-hybridized carbons (Fsp3) is 0.579. The highest BCUT2D eigenvalue weighted by molar-refractivity contribution is 6.30. The Hall–Kier alpha value is -1.80. The number of nitriles is 1. The molecule has 1 aromatic carbocycles. The fourth-order valence-corrected chi connectivity index (χ4v) is 3.49. The molecule has 1 saturated heterocycles. The number of hydrogen-bond donors (Lipinski definition) is 0. The van der Waals surface area contributed by atoms with E-state index in [1.807, 2.05) is 0 Å². The summed E-state index contributed by atoms with van der Waals surface area (Å²) >= 11 is 5.99. The molecule has 0 aliphatic carbocycles. The van der Waals surface area contributed by atoms with Crippen molar-refractivity contribution in [3.63, 3.8) is 0 Å². The summed E-state index contributed by atoms with van der Waals surface area (Å²) < 4.78 is 19.4. The normalized spacial score (nSPS) is 21.1. The van der Waals surface area contributed by atoms with Crippen LogP contribution in [0.1, 0.15) is 59.1 Å². The van der Waals surface area contributed by atoms with Crippen LogP contribution in [0.2, 0.25) is 5.02 Å². The third-order valence-corrected chi connectivity index (χ3v) is 4.60. The molecule has 1 aliphatic rings. The lowest BCUT2D eigenvalue weighted by molar-refractivity contribution is 0.00582. The summed E-state index contributed by atoms with van der Waals surface area (Å²) in [5.41, 5.74) is -0.791. The van der Waals surface area contributed by atoms with Crippen LogP contribution in [0.5, 0.6) is 0 Å². The van der Waals surface area contributed by atoms with Gasteiger partial charge in [0.1, 0.15) is 11.4 Å². The lowest BCUT2D eigenvalue weighted by Crippen LogP contribution is -2.46. The molecule has 0 aromatic heterocycles. The SMILES string of the molecule is CC(C)(C)OC(=O)N1[C@H](c2cc(F)cc(Cl)c2)CC[C@@H]1C(C)(C)C#N. The summed E-state index contributed by atoms with van der Waals surface area (Å²) in [4.78, 5) is 14.4. The van der Waals surface area contributed by atoms with Crippen molar-refractivity contribution in [3.05, 3.63) is 34.6 Å². The molecule has 4 nitrogen and oxygen atoms in total. The van der Waals surface area contributed by atoms with Gasteiger partial charge in [-0.3, -0.25) is 4.90 Å². The van der Waals surface area contributed by atoms with Crippen molar-refractivity contribution in [1.29, 1.82) is 5.26 Å². The molecule has 25 heavy (non-hydrogen) atoms. The molecule has 2 atom stereocenters. The largest absolute Gasteiger partial charge is 0.444 e. The minimum Gasteiger partial charge on any atom is -0.444 e. The van der Waals surface area contributed by atoms with E-state index in [4.69, 9.17) is 16.3 Å². The molecule has 1 fully saturated rings. The van der Waals surface area contributed by atoms with E-state index < -0.39 is 22.9 Å². The minimum atomic E-state index is -0.747. The number of halogens is 2. The Morgan fingerprint density at radius 3 is 2.44 bits per heavy atom. The lowest BCUT2D eigenvalue weighted by Gasteiger charge is -2.37. The first kappa shape index (κ1) is 19.5. The van der Waals surface area contributed by atoms with Gasteiger partial charge >= 0.3 is 6.09 Å². The van der Waals surface area contributed by atoms with Gasteiger partial charge in [0.15, 0.2) is 0 Å². The molecular formula is C19H24ClFN2O2. The second kappa shape index (κ2) is 6.84. The fourth-order valence-electron chi connectivity index (χ4n) is 3.26. The summed E-state index contributed by atoms with van der Waals surface area (Å²) in [6.45, 7) is 8.98. The first-order valence-corrected chi connectivity index (χ1v) is 8.71. The van der Waals surface area contributed by atoms with Crippen molar-refractivity contribution < 1.29 is 13.9 Å². The van der Waals surface area contributed by atoms with Gasteiger partial charge in [-0.25, -0.2) is 9.18 Å². The number of benzene rings is 1. The number of nitrogens with zero attached hydrogens (tertiary/aromatic N) is 2. The Balaban J connectivity index is 2.45. The zero-order valence-electron chi connectivity index (χ0n) is 15.3. The first-order valence-electron chi connectivity index (χ1n) is 8.33. The summed E-state index contributed by atoms with van der Waals surface area (Å²) in [6, 6.07) is 5.86. The highest BCUT2D eigenvalue weighted by atomic mass is 35.5. The van der Waals surface area contributed by atoms with Crippen LogP contribution < -0.4 is 0 Å². The maximum atomic E-state index is 13.8. The second-order valence-corrected chi connectivity index (χ2v) is 8.47. The maximum Gasteiger partial charge on any atom is 0.411 e. The van der Waals surface area contributed by atoms with E-state index in [2.05, 4.69) is 6.07 Å². The third kappa shape index (κ3) is 4.43. The van der Waals surface area contributed by atoms with Crippen molar-refractivity contribution in [3.8, 4) is 6.07 Å². The van der Waals surface area contributed by atoms with Gasteiger partial charge in [-0.2, -0.15) is 5.26 Å². The van der Waals surface area contributed by atoms with E-state index in [0.717, 1.165) is 0 Å². The molecule has 0 radical (unpaired) electrons. The maximum absolute atomic E-state index is 13.8. The minimum absolute atomic E-state index is 0.280. The monoisotopic (exact) mass is 366 g/mol. The number of likely N-dealkylation sites (tertiary alicyclic amines) is 1. The zero-order valence-corrected chi connectivity index (χ0v) is 16.0. The molecule has 1 aromatic rings. The molecular weight excluding hydrogens is 343 g/mol. The van der Waals surface area contributed by atoms with Crippen molar-refractivity contribution in [2.24, 2.45) is 5.41 Å². The number of rotatable bonds is 2. The average Bonchev–Trinajstić information content (AvgIpc) is 2.90. The summed E-state index contributed by atoms with van der Waals surface area (Å²) in [5, 5.41) is 9.80. The molecule has 136 valence electrons. The van der Waals surface area contributed by atoms with Crippen molar-refractivity contribution in [2.45, 2.75) is 65.1 Å². The highest BCUT2D eigenvalue weighted by Crippen LogP contribution is 2.44. The molecule has 0 unspecified atom stereocenters. The quantitative estimate of drug-likeness (QED) is 0.697. The van der Waals surface area contributed by atoms with Gasteiger partial charge in [-0.1, -0.05) is 11.6 Å². The molecule has 2 rings (SSSR count). The standard InChI is InChI=1S/C19H24ClFN2O2/c1-18(2,3)25-17(24)23-15(6-7-16(23)19(4,5)11-22)12-8-13(20)10-14(21)9-12/h8-10,15-16H,6-7H2,1-5H3/t15-,16+/m0/s1. The number of carbonyl (C=O) groups is 1. The van der Waals surface area contributed by atoms with E-state index in [1.165, 1.54) is 12.1 Å². The zero-order chi connectivity index (χ0) is 19.0. The molecule has 1 aliphatic heterocycles. The Morgan fingerprint density at radius 2 is 1.92 bits per heavy atom. The summed E-state index contributed by atoms with van der Waals surface area (Å²) in [6.07, 6.45) is 0.761. The van der Waals surface area contributed by atoms with Crippen LogP contribution in [0.4, 0.5) is 9.18 Å². The van der Waals surface area contributed by atoms with Gasteiger partial charge in [0, 0.05) is 5.02 Å². The van der Waals surface area contributed by atoms with Gasteiger partial charge in [0.05, 0.1) is 23.6 Å². The van der Waals surface area contributed by atoms with Crippen molar-refractivity contribution >= 4 is 17.7 Å². The molecule has 6 heteroatoms. The van der Waals surface area contributed by atoms with Crippen LogP contribution in [0, 0.1) is 22.6 Å². The Kier molecular flexibility index (Phi) is 5.34. The van der Waals surface area contributed by atoms with Gasteiger partial charge in [0.2, 0.25) is 0 Å². The number of ether oxygens (including phenoxy) is 1. The average molecular weight is 367 g/mol. The predicted molar refractivity (Wildman–Crippen MR) is 94.6 cm³/mol. The highest BCUT2D eigenvalue weighted by Gasteiger charge is 2.47. The first-order chi connectivity index (χ1) is 11.4. The summed E-state index contributed by atoms with van der Waals surface area (Å²) in [7, 11) is 0. The van der Waals surface area contributed by atoms with Crippen LogP contribution in [0.15, 0.2) is 18.2 Å². The van der Waals surface area contributed by atoms with E-state index in [1.54, 1.807) is 45.6 Å². The van der Waals surface area contributed by atoms with Crippen LogP contribution in [-0.2, 0) is 4.74 Å². The van der Waals surface area contributed by atoms with E-state index in [-0.39, 0.29) is 17.1 Å². The van der Waals surface area contributed by atoms with Crippen LogP contribution in [0.25, 0.3) is 0 Å². The number of hydrogen-bond acceptors (Lipinski definition) is 3.